The van der Waals surface area contributed by atoms with Gasteiger partial charge in [-0.1, -0.05) is 38.0 Å². The van der Waals surface area contributed by atoms with E-state index in [0.29, 0.717) is 5.92 Å². The van der Waals surface area contributed by atoms with Gasteiger partial charge in [-0.3, -0.25) is 4.79 Å². The van der Waals surface area contributed by atoms with Crippen LogP contribution < -0.4 is 4.90 Å². The van der Waals surface area contributed by atoms with Crippen LogP contribution in [0.3, 0.4) is 0 Å². The normalized spacial score (nSPS) is 17.7. The Morgan fingerprint density at radius 3 is 2.48 bits per heavy atom. The molecular weight excluding hydrogens is 428 g/mol. The SMILES string of the molecule is CCC(C)c1nc(N2CCN(C(=O)c3ccc(C)cc3)CC2)c2c3c(sc2n1)CCCCC3. The number of fused-ring (bicyclic) bond motifs is 3. The van der Waals surface area contributed by atoms with E-state index in [1.54, 1.807) is 0 Å². The van der Waals surface area contributed by atoms with Crippen LogP contribution in [0.4, 0.5) is 5.82 Å². The number of piperazine rings is 1. The van der Waals surface area contributed by atoms with Gasteiger partial charge in [-0.2, -0.15) is 0 Å². The van der Waals surface area contributed by atoms with Crippen LogP contribution in [0.5, 0.6) is 0 Å². The Bertz CT molecular complexity index is 1150. The summed E-state index contributed by atoms with van der Waals surface area (Å²) in [7, 11) is 0. The van der Waals surface area contributed by atoms with E-state index in [4.69, 9.17) is 9.97 Å². The third-order valence-corrected chi connectivity index (χ3v) is 8.47. The Morgan fingerprint density at radius 2 is 1.76 bits per heavy atom. The van der Waals surface area contributed by atoms with Crippen molar-refractivity contribution in [2.45, 2.75) is 65.2 Å². The number of aryl methyl sites for hydroxylation is 3. The van der Waals surface area contributed by atoms with Crippen LogP contribution in [0.25, 0.3) is 10.2 Å². The fraction of sp³-hybridized carbons (Fsp3) is 0.519. The smallest absolute Gasteiger partial charge is 0.253 e. The van der Waals surface area contributed by atoms with Gasteiger partial charge >= 0.3 is 0 Å². The highest BCUT2D eigenvalue weighted by atomic mass is 32.1. The lowest BCUT2D eigenvalue weighted by Gasteiger charge is -2.36. The molecule has 1 amide bonds. The molecule has 1 unspecified atom stereocenters. The molecule has 1 aromatic carbocycles. The van der Waals surface area contributed by atoms with Crippen molar-refractivity contribution in [2.75, 3.05) is 31.1 Å². The first-order valence-corrected chi connectivity index (χ1v) is 13.3. The van der Waals surface area contributed by atoms with Crippen molar-refractivity contribution >= 4 is 33.3 Å². The van der Waals surface area contributed by atoms with Crippen LogP contribution in [0, 0.1) is 6.92 Å². The lowest BCUT2D eigenvalue weighted by Crippen LogP contribution is -2.49. The number of carbonyl (C=O) groups excluding carboxylic acids is 1. The predicted molar refractivity (Wildman–Crippen MR) is 137 cm³/mol. The van der Waals surface area contributed by atoms with Crippen molar-refractivity contribution in [3.05, 3.63) is 51.7 Å². The number of hydrogen-bond donors (Lipinski definition) is 0. The van der Waals surface area contributed by atoms with E-state index in [9.17, 15) is 4.79 Å². The molecule has 1 saturated heterocycles. The van der Waals surface area contributed by atoms with Crippen molar-refractivity contribution in [2.24, 2.45) is 0 Å². The number of amides is 1. The first-order valence-electron chi connectivity index (χ1n) is 12.5. The average Bonchev–Trinajstić information content (AvgIpc) is 3.03. The van der Waals surface area contributed by atoms with Crippen LogP contribution in [-0.4, -0.2) is 47.0 Å². The van der Waals surface area contributed by atoms with Crippen molar-refractivity contribution in [1.82, 2.24) is 14.9 Å². The van der Waals surface area contributed by atoms with Crippen molar-refractivity contribution < 1.29 is 4.79 Å². The number of rotatable bonds is 4. The molecule has 6 heteroatoms. The molecule has 33 heavy (non-hydrogen) atoms. The average molecular weight is 463 g/mol. The maximum atomic E-state index is 13.0. The van der Waals surface area contributed by atoms with E-state index in [0.717, 1.165) is 56.2 Å². The monoisotopic (exact) mass is 462 g/mol. The molecule has 0 spiro atoms. The van der Waals surface area contributed by atoms with E-state index in [2.05, 4.69) is 18.7 Å². The second-order valence-electron chi connectivity index (χ2n) is 9.60. The predicted octanol–water partition coefficient (Wildman–Crippen LogP) is 5.74. The number of anilines is 1. The van der Waals surface area contributed by atoms with Crippen molar-refractivity contribution in [3.8, 4) is 0 Å². The number of nitrogens with zero attached hydrogens (tertiary/aromatic N) is 4. The van der Waals surface area contributed by atoms with Gasteiger partial charge < -0.3 is 9.80 Å². The molecule has 3 aromatic rings. The Kier molecular flexibility index (Phi) is 6.37. The molecule has 174 valence electrons. The molecule has 5 rings (SSSR count). The molecule has 5 nitrogen and oxygen atoms in total. The van der Waals surface area contributed by atoms with Gasteiger partial charge in [-0.15, -0.1) is 11.3 Å². The molecule has 1 aliphatic carbocycles. The summed E-state index contributed by atoms with van der Waals surface area (Å²) >= 11 is 1.89. The third-order valence-electron chi connectivity index (χ3n) is 7.28. The van der Waals surface area contributed by atoms with Gasteiger partial charge in [0.25, 0.3) is 5.91 Å². The topological polar surface area (TPSA) is 49.3 Å². The van der Waals surface area contributed by atoms with E-state index >= 15 is 0 Å². The molecule has 2 aromatic heterocycles. The minimum absolute atomic E-state index is 0.132. The van der Waals surface area contributed by atoms with Crippen molar-refractivity contribution in [1.29, 1.82) is 0 Å². The number of aromatic nitrogens is 2. The molecule has 3 heterocycles. The second kappa shape index (κ2) is 9.41. The molecule has 0 radical (unpaired) electrons. The summed E-state index contributed by atoms with van der Waals surface area (Å²) in [6.45, 7) is 9.56. The highest BCUT2D eigenvalue weighted by molar-refractivity contribution is 7.19. The zero-order valence-corrected chi connectivity index (χ0v) is 20.9. The van der Waals surface area contributed by atoms with Gasteiger partial charge in [-0.25, -0.2) is 9.97 Å². The number of benzene rings is 1. The van der Waals surface area contributed by atoms with Gasteiger partial charge in [0.1, 0.15) is 16.5 Å². The highest BCUT2D eigenvalue weighted by Gasteiger charge is 2.28. The molecule has 1 aliphatic heterocycles. The third kappa shape index (κ3) is 4.37. The van der Waals surface area contributed by atoms with E-state index in [1.165, 1.54) is 51.9 Å². The summed E-state index contributed by atoms with van der Waals surface area (Å²) in [6.07, 6.45) is 7.19. The molecule has 2 aliphatic rings. The lowest BCUT2D eigenvalue weighted by molar-refractivity contribution is 0.0746. The van der Waals surface area contributed by atoms with Crippen LogP contribution in [0.1, 0.15) is 77.6 Å². The molecule has 1 fully saturated rings. The number of hydrogen-bond acceptors (Lipinski definition) is 5. The van der Waals surface area contributed by atoms with Crippen molar-refractivity contribution in [3.63, 3.8) is 0 Å². The lowest BCUT2D eigenvalue weighted by atomic mass is 10.1. The van der Waals surface area contributed by atoms with Gasteiger partial charge in [-0.05, 0) is 56.7 Å². The highest BCUT2D eigenvalue weighted by Crippen LogP contribution is 2.40. The molecule has 0 bridgehead atoms. The molecule has 0 saturated carbocycles. The molecule has 1 atom stereocenters. The minimum atomic E-state index is 0.132. The Labute approximate surface area is 200 Å². The summed E-state index contributed by atoms with van der Waals surface area (Å²) in [5.41, 5.74) is 3.45. The second-order valence-corrected chi connectivity index (χ2v) is 10.7. The molecular formula is C27H34N4OS. The fourth-order valence-corrected chi connectivity index (χ4v) is 6.23. The largest absolute Gasteiger partial charge is 0.352 e. The zero-order chi connectivity index (χ0) is 22.9. The minimum Gasteiger partial charge on any atom is -0.352 e. The summed E-state index contributed by atoms with van der Waals surface area (Å²) in [5.74, 6) is 2.55. The summed E-state index contributed by atoms with van der Waals surface area (Å²) in [6, 6.07) is 7.91. The maximum Gasteiger partial charge on any atom is 0.253 e. The van der Waals surface area contributed by atoms with Crippen LogP contribution in [0.2, 0.25) is 0 Å². The van der Waals surface area contributed by atoms with Gasteiger partial charge in [0.2, 0.25) is 0 Å². The van der Waals surface area contributed by atoms with E-state index in [1.807, 2.05) is 47.4 Å². The number of thiophene rings is 1. The van der Waals surface area contributed by atoms with Crippen LogP contribution >= 0.6 is 11.3 Å². The Morgan fingerprint density at radius 1 is 1.03 bits per heavy atom. The standard InChI is InChI=1S/C27H34N4OS/c1-4-19(3)24-28-25(23-21-8-6-5-7-9-22(21)33-26(23)29-24)30-14-16-31(17-15-30)27(32)20-12-10-18(2)11-13-20/h10-13,19H,4-9,14-17H2,1-3H3. The quantitative estimate of drug-likeness (QED) is 0.464. The van der Waals surface area contributed by atoms with E-state index in [-0.39, 0.29) is 5.91 Å². The Balaban J connectivity index is 1.44. The van der Waals surface area contributed by atoms with Crippen LogP contribution in [-0.2, 0) is 12.8 Å². The van der Waals surface area contributed by atoms with Gasteiger partial charge in [0, 0.05) is 42.5 Å². The molecule has 0 N–H and O–H groups in total. The maximum absolute atomic E-state index is 13.0. The summed E-state index contributed by atoms with van der Waals surface area (Å²) in [4.78, 5) is 30.3. The number of carbonyl (C=O) groups is 1. The first kappa shape index (κ1) is 22.3. The summed E-state index contributed by atoms with van der Waals surface area (Å²) < 4.78 is 0. The van der Waals surface area contributed by atoms with Gasteiger partial charge in [0.15, 0.2) is 0 Å². The Hall–Kier alpha value is -2.47. The van der Waals surface area contributed by atoms with Gasteiger partial charge in [0.05, 0.1) is 5.39 Å². The summed E-state index contributed by atoms with van der Waals surface area (Å²) in [5, 5.41) is 1.29. The fourth-order valence-electron chi connectivity index (χ4n) is 4.96. The first-order chi connectivity index (χ1) is 16.0. The van der Waals surface area contributed by atoms with Crippen LogP contribution in [0.15, 0.2) is 24.3 Å². The van der Waals surface area contributed by atoms with E-state index < -0.39 is 0 Å². The zero-order valence-electron chi connectivity index (χ0n) is 20.1.